The average Bonchev–Trinajstić information content (AvgIpc) is 2.90. The Labute approximate surface area is 123 Å². The van der Waals surface area contributed by atoms with E-state index in [4.69, 9.17) is 4.98 Å². The summed E-state index contributed by atoms with van der Waals surface area (Å²) in [5.41, 5.74) is 1.18. The van der Waals surface area contributed by atoms with Crippen molar-refractivity contribution in [3.8, 4) is 0 Å². The molecule has 0 spiro atoms. The van der Waals surface area contributed by atoms with Crippen molar-refractivity contribution in [1.82, 2.24) is 19.8 Å². The van der Waals surface area contributed by atoms with Crippen LogP contribution in [-0.2, 0) is 6.42 Å². The summed E-state index contributed by atoms with van der Waals surface area (Å²) in [7, 11) is 2.16. The lowest BCUT2D eigenvalue weighted by molar-refractivity contribution is 0.246. The smallest absolute Gasteiger partial charge is 0.205 e. The van der Waals surface area contributed by atoms with Gasteiger partial charge in [-0.15, -0.1) is 0 Å². The van der Waals surface area contributed by atoms with Crippen LogP contribution in [0.1, 0.15) is 32.5 Å². The first-order chi connectivity index (χ1) is 9.61. The van der Waals surface area contributed by atoms with Crippen LogP contribution in [-0.4, -0.2) is 60.8 Å². The third-order valence-electron chi connectivity index (χ3n) is 3.98. The number of rotatable bonds is 6. The predicted molar refractivity (Wildman–Crippen MR) is 84.6 cm³/mol. The molecule has 0 aromatic carbocycles. The van der Waals surface area contributed by atoms with Crippen molar-refractivity contribution >= 4 is 5.95 Å². The molecule has 1 aromatic rings. The first-order valence-electron chi connectivity index (χ1n) is 7.83. The van der Waals surface area contributed by atoms with E-state index in [0.717, 1.165) is 51.6 Å². The highest BCUT2D eigenvalue weighted by Gasteiger charge is 2.15. The van der Waals surface area contributed by atoms with Crippen molar-refractivity contribution in [1.29, 1.82) is 0 Å². The summed E-state index contributed by atoms with van der Waals surface area (Å²) in [5, 5.41) is 3.40. The van der Waals surface area contributed by atoms with Gasteiger partial charge in [0.25, 0.3) is 0 Å². The second kappa shape index (κ2) is 7.09. The van der Waals surface area contributed by atoms with Crippen LogP contribution in [0, 0.1) is 0 Å². The van der Waals surface area contributed by atoms with Gasteiger partial charge in [-0.25, -0.2) is 4.98 Å². The Kier molecular flexibility index (Phi) is 5.43. The lowest BCUT2D eigenvalue weighted by atomic mass is 10.3. The fraction of sp³-hybridized carbons (Fsp3) is 0.800. The Balaban J connectivity index is 1.96. The molecule has 1 aliphatic rings. The molecule has 1 aliphatic heterocycles. The summed E-state index contributed by atoms with van der Waals surface area (Å²) in [4.78, 5) is 9.59. The topological polar surface area (TPSA) is 36.3 Å². The molecule has 2 rings (SSSR count). The van der Waals surface area contributed by atoms with Gasteiger partial charge in [-0.1, -0.05) is 6.92 Å². The van der Waals surface area contributed by atoms with Crippen molar-refractivity contribution in [2.24, 2.45) is 0 Å². The maximum atomic E-state index is 4.77. The van der Waals surface area contributed by atoms with Crippen molar-refractivity contribution in [2.45, 2.75) is 33.2 Å². The molecule has 1 aromatic heterocycles. The van der Waals surface area contributed by atoms with E-state index < -0.39 is 0 Å². The largest absolute Gasteiger partial charge is 0.344 e. The predicted octanol–water partition coefficient (Wildman–Crippen LogP) is 1.37. The number of aryl methyl sites for hydroxylation is 1. The number of likely N-dealkylation sites (N-methyl/N-ethyl adjacent to an activating group) is 1. The fourth-order valence-corrected chi connectivity index (χ4v) is 2.59. The standard InChI is InChI=1S/C15H29N5/c1-5-14-12-20(13(2)3)15(17-14)18(4)10-11-19-8-6-16-7-9-19/h12-13,16H,5-11H2,1-4H3. The zero-order valence-electron chi connectivity index (χ0n) is 13.4. The third-order valence-corrected chi connectivity index (χ3v) is 3.98. The van der Waals surface area contributed by atoms with Crippen LogP contribution in [0.15, 0.2) is 6.20 Å². The summed E-state index contributed by atoms with van der Waals surface area (Å²) < 4.78 is 2.29. The van der Waals surface area contributed by atoms with Crippen molar-refractivity contribution in [3.63, 3.8) is 0 Å². The van der Waals surface area contributed by atoms with E-state index >= 15 is 0 Å². The number of nitrogens with zero attached hydrogens (tertiary/aromatic N) is 4. The van der Waals surface area contributed by atoms with Gasteiger partial charge in [-0.05, 0) is 20.3 Å². The monoisotopic (exact) mass is 279 g/mol. The molecule has 1 saturated heterocycles. The van der Waals surface area contributed by atoms with E-state index in [0.29, 0.717) is 6.04 Å². The number of imidazole rings is 1. The maximum Gasteiger partial charge on any atom is 0.205 e. The lowest BCUT2D eigenvalue weighted by Crippen LogP contribution is -2.46. The van der Waals surface area contributed by atoms with E-state index in [1.54, 1.807) is 0 Å². The average molecular weight is 279 g/mol. The van der Waals surface area contributed by atoms with E-state index in [2.05, 4.69) is 53.7 Å². The van der Waals surface area contributed by atoms with Gasteiger partial charge in [-0.2, -0.15) is 0 Å². The molecular formula is C15H29N5. The molecule has 0 amide bonds. The number of nitrogens with one attached hydrogen (secondary N) is 1. The van der Waals surface area contributed by atoms with Crippen LogP contribution in [0.5, 0.6) is 0 Å². The quantitative estimate of drug-likeness (QED) is 0.853. The van der Waals surface area contributed by atoms with E-state index in [1.807, 2.05) is 0 Å². The van der Waals surface area contributed by atoms with Gasteiger partial charge in [0.15, 0.2) is 0 Å². The van der Waals surface area contributed by atoms with Crippen molar-refractivity contribution in [2.75, 3.05) is 51.2 Å². The molecule has 2 heterocycles. The number of hydrogen-bond donors (Lipinski definition) is 1. The summed E-state index contributed by atoms with van der Waals surface area (Å²) in [5.74, 6) is 1.10. The van der Waals surface area contributed by atoms with Crippen LogP contribution < -0.4 is 10.2 Å². The molecule has 0 unspecified atom stereocenters. The molecule has 0 radical (unpaired) electrons. The summed E-state index contributed by atoms with van der Waals surface area (Å²) in [6.07, 6.45) is 3.19. The minimum atomic E-state index is 0.458. The Morgan fingerprint density at radius 3 is 2.65 bits per heavy atom. The Morgan fingerprint density at radius 1 is 1.35 bits per heavy atom. The van der Waals surface area contributed by atoms with E-state index in [1.165, 1.54) is 5.69 Å². The van der Waals surface area contributed by atoms with Crippen LogP contribution in [0.4, 0.5) is 5.95 Å². The normalized spacial score (nSPS) is 16.9. The molecule has 5 nitrogen and oxygen atoms in total. The highest BCUT2D eigenvalue weighted by molar-refractivity contribution is 5.33. The summed E-state index contributed by atoms with van der Waals surface area (Å²) >= 11 is 0. The minimum Gasteiger partial charge on any atom is -0.344 e. The van der Waals surface area contributed by atoms with E-state index in [-0.39, 0.29) is 0 Å². The van der Waals surface area contributed by atoms with Gasteiger partial charge in [-0.3, -0.25) is 4.90 Å². The molecular weight excluding hydrogens is 250 g/mol. The van der Waals surface area contributed by atoms with E-state index in [9.17, 15) is 0 Å². The Hall–Kier alpha value is -1.07. The molecule has 20 heavy (non-hydrogen) atoms. The van der Waals surface area contributed by atoms with Crippen LogP contribution in [0.3, 0.4) is 0 Å². The van der Waals surface area contributed by atoms with Crippen LogP contribution in [0.2, 0.25) is 0 Å². The fourth-order valence-electron chi connectivity index (χ4n) is 2.59. The van der Waals surface area contributed by atoms with Gasteiger partial charge in [0.2, 0.25) is 5.95 Å². The highest BCUT2D eigenvalue weighted by atomic mass is 15.3. The molecule has 0 bridgehead atoms. The highest BCUT2D eigenvalue weighted by Crippen LogP contribution is 2.19. The zero-order valence-corrected chi connectivity index (χ0v) is 13.4. The molecule has 0 atom stereocenters. The van der Waals surface area contributed by atoms with Gasteiger partial charge >= 0.3 is 0 Å². The van der Waals surface area contributed by atoms with Gasteiger partial charge < -0.3 is 14.8 Å². The number of piperazine rings is 1. The number of hydrogen-bond acceptors (Lipinski definition) is 4. The molecule has 0 aliphatic carbocycles. The minimum absolute atomic E-state index is 0.458. The lowest BCUT2D eigenvalue weighted by Gasteiger charge is -2.29. The SMILES string of the molecule is CCc1cn(C(C)C)c(N(C)CCN2CCNCC2)n1. The second-order valence-corrected chi connectivity index (χ2v) is 5.90. The second-order valence-electron chi connectivity index (χ2n) is 5.90. The summed E-state index contributed by atoms with van der Waals surface area (Å²) in [6.45, 7) is 13.3. The molecule has 114 valence electrons. The first kappa shape index (κ1) is 15.3. The van der Waals surface area contributed by atoms with Gasteiger partial charge in [0, 0.05) is 58.6 Å². The van der Waals surface area contributed by atoms with Crippen molar-refractivity contribution < 1.29 is 0 Å². The summed E-state index contributed by atoms with van der Waals surface area (Å²) in [6, 6.07) is 0.458. The zero-order chi connectivity index (χ0) is 14.5. The third kappa shape index (κ3) is 3.73. The van der Waals surface area contributed by atoms with Gasteiger partial charge in [0.1, 0.15) is 0 Å². The maximum absolute atomic E-state index is 4.77. The van der Waals surface area contributed by atoms with Crippen LogP contribution >= 0.6 is 0 Å². The van der Waals surface area contributed by atoms with Crippen molar-refractivity contribution in [3.05, 3.63) is 11.9 Å². The Morgan fingerprint density at radius 2 is 2.05 bits per heavy atom. The first-order valence-corrected chi connectivity index (χ1v) is 7.83. The molecule has 1 N–H and O–H groups in total. The van der Waals surface area contributed by atoms with Gasteiger partial charge in [0.05, 0.1) is 5.69 Å². The molecule has 1 fully saturated rings. The number of aromatic nitrogens is 2. The Bertz CT molecular complexity index is 406. The van der Waals surface area contributed by atoms with Crippen LogP contribution in [0.25, 0.3) is 0 Å². The number of anilines is 1. The molecule has 0 saturated carbocycles. The molecule has 5 heteroatoms.